The number of amides is 1. The fourth-order valence-corrected chi connectivity index (χ4v) is 3.66. The highest BCUT2D eigenvalue weighted by atomic mass is 32.1. The summed E-state index contributed by atoms with van der Waals surface area (Å²) in [5.41, 5.74) is -0.602. The monoisotopic (exact) mass is 319 g/mol. The molecule has 0 saturated carbocycles. The van der Waals surface area contributed by atoms with Crippen molar-refractivity contribution in [2.24, 2.45) is 0 Å². The maximum Gasteiger partial charge on any atom is 0.248 e. The topological polar surface area (TPSA) is 71.8 Å². The molecule has 3 rings (SSSR count). The van der Waals surface area contributed by atoms with Crippen LogP contribution < -0.4 is 10.6 Å². The third-order valence-electron chi connectivity index (χ3n) is 4.15. The minimum atomic E-state index is -0.602. The van der Waals surface area contributed by atoms with Gasteiger partial charge in [-0.2, -0.15) is 5.10 Å². The van der Waals surface area contributed by atoms with E-state index in [1.165, 1.54) is 0 Å². The zero-order chi connectivity index (χ0) is 15.6. The maximum absolute atomic E-state index is 13.0. The Morgan fingerprint density at radius 2 is 2.27 bits per heavy atom. The van der Waals surface area contributed by atoms with Gasteiger partial charge in [0.1, 0.15) is 10.5 Å². The van der Waals surface area contributed by atoms with Crippen LogP contribution >= 0.6 is 11.3 Å². The predicted octanol–water partition coefficient (Wildman–Crippen LogP) is 1.60. The highest BCUT2D eigenvalue weighted by molar-refractivity contribution is 7.11. The standard InChI is InChI=1S/C15H21N5OS/c1-11-10-17-13(22-11)12(2)19-14(21)15(4-7-16-8-5-15)20-9-3-6-18-20/h3,6,9-10,12,16H,4-5,7-8H2,1-2H3,(H,19,21). The first-order chi connectivity index (χ1) is 10.6. The van der Waals surface area contributed by atoms with Crippen LogP contribution in [0.4, 0.5) is 0 Å². The summed E-state index contributed by atoms with van der Waals surface area (Å²) in [4.78, 5) is 18.5. The average Bonchev–Trinajstić information content (AvgIpc) is 3.19. The van der Waals surface area contributed by atoms with Gasteiger partial charge < -0.3 is 10.6 Å². The van der Waals surface area contributed by atoms with Crippen molar-refractivity contribution < 1.29 is 4.79 Å². The van der Waals surface area contributed by atoms with Crippen molar-refractivity contribution in [2.45, 2.75) is 38.3 Å². The Hall–Kier alpha value is -1.73. The lowest BCUT2D eigenvalue weighted by Gasteiger charge is -2.37. The molecule has 0 aromatic carbocycles. The fraction of sp³-hybridized carbons (Fsp3) is 0.533. The summed E-state index contributed by atoms with van der Waals surface area (Å²) in [6.45, 7) is 5.64. The van der Waals surface area contributed by atoms with Crippen molar-refractivity contribution in [3.05, 3.63) is 34.5 Å². The molecule has 1 unspecified atom stereocenters. The number of hydrogen-bond donors (Lipinski definition) is 2. The van der Waals surface area contributed by atoms with Gasteiger partial charge in [0.15, 0.2) is 0 Å². The van der Waals surface area contributed by atoms with Gasteiger partial charge in [-0.3, -0.25) is 9.48 Å². The van der Waals surface area contributed by atoms with Crippen molar-refractivity contribution in [1.82, 2.24) is 25.4 Å². The molecule has 118 valence electrons. The quantitative estimate of drug-likeness (QED) is 0.898. The first kappa shape index (κ1) is 15.2. The van der Waals surface area contributed by atoms with E-state index in [1.807, 2.05) is 37.0 Å². The lowest BCUT2D eigenvalue weighted by molar-refractivity contribution is -0.132. The van der Waals surface area contributed by atoms with Crippen molar-refractivity contribution in [1.29, 1.82) is 0 Å². The Morgan fingerprint density at radius 1 is 1.50 bits per heavy atom. The molecule has 1 aliphatic heterocycles. The molecule has 3 heterocycles. The SMILES string of the molecule is Cc1cnc(C(C)NC(=O)C2(n3cccn3)CCNCC2)s1. The molecule has 0 spiro atoms. The summed E-state index contributed by atoms with van der Waals surface area (Å²) in [6.07, 6.45) is 6.93. The van der Waals surface area contributed by atoms with Crippen LogP contribution in [-0.2, 0) is 10.3 Å². The minimum Gasteiger partial charge on any atom is -0.345 e. The van der Waals surface area contributed by atoms with Gasteiger partial charge in [-0.05, 0) is 45.8 Å². The molecule has 2 N–H and O–H groups in total. The number of thiazole rings is 1. The van der Waals surface area contributed by atoms with Gasteiger partial charge in [0.05, 0.1) is 6.04 Å². The van der Waals surface area contributed by atoms with Gasteiger partial charge in [-0.1, -0.05) is 0 Å². The van der Waals surface area contributed by atoms with Crippen LogP contribution in [0, 0.1) is 6.92 Å². The first-order valence-electron chi connectivity index (χ1n) is 7.56. The van der Waals surface area contributed by atoms with Crippen molar-refractivity contribution in [2.75, 3.05) is 13.1 Å². The van der Waals surface area contributed by atoms with Gasteiger partial charge in [-0.25, -0.2) is 4.98 Å². The Labute approximate surface area is 133 Å². The third kappa shape index (κ3) is 2.78. The highest BCUT2D eigenvalue weighted by Crippen LogP contribution is 2.29. The van der Waals surface area contributed by atoms with Crippen LogP contribution in [0.3, 0.4) is 0 Å². The fourth-order valence-electron chi connectivity index (χ4n) is 2.89. The molecule has 0 aliphatic carbocycles. The number of piperidine rings is 1. The predicted molar refractivity (Wildman–Crippen MR) is 85.7 cm³/mol. The van der Waals surface area contributed by atoms with Crippen LogP contribution in [0.2, 0.25) is 0 Å². The summed E-state index contributed by atoms with van der Waals surface area (Å²) < 4.78 is 1.81. The molecule has 1 amide bonds. The number of aryl methyl sites for hydroxylation is 1. The van der Waals surface area contributed by atoms with Gasteiger partial charge in [0.25, 0.3) is 0 Å². The zero-order valence-electron chi connectivity index (χ0n) is 12.9. The summed E-state index contributed by atoms with van der Waals surface area (Å²) in [6, 6.07) is 1.78. The second-order valence-corrected chi connectivity index (χ2v) is 7.00. The Balaban J connectivity index is 1.81. The molecule has 1 fully saturated rings. The second kappa shape index (κ2) is 6.18. The Bertz CT molecular complexity index is 630. The molecule has 22 heavy (non-hydrogen) atoms. The van der Waals surface area contributed by atoms with E-state index in [0.29, 0.717) is 0 Å². The molecule has 1 aliphatic rings. The van der Waals surface area contributed by atoms with Crippen molar-refractivity contribution in [3.63, 3.8) is 0 Å². The molecule has 1 saturated heterocycles. The molecule has 2 aromatic heterocycles. The van der Waals surface area contributed by atoms with E-state index in [-0.39, 0.29) is 11.9 Å². The van der Waals surface area contributed by atoms with E-state index in [1.54, 1.807) is 17.5 Å². The van der Waals surface area contributed by atoms with Gasteiger partial charge in [0.2, 0.25) is 5.91 Å². The number of carbonyl (C=O) groups excluding carboxylic acids is 1. The van der Waals surface area contributed by atoms with Crippen molar-refractivity contribution >= 4 is 17.2 Å². The van der Waals surface area contributed by atoms with E-state index in [2.05, 4.69) is 20.7 Å². The number of rotatable bonds is 4. The number of nitrogens with one attached hydrogen (secondary N) is 2. The summed E-state index contributed by atoms with van der Waals surface area (Å²) in [7, 11) is 0. The summed E-state index contributed by atoms with van der Waals surface area (Å²) in [5.74, 6) is 0.0260. The van der Waals surface area contributed by atoms with E-state index in [9.17, 15) is 4.79 Å². The number of hydrogen-bond acceptors (Lipinski definition) is 5. The Kier molecular flexibility index (Phi) is 4.26. The van der Waals surface area contributed by atoms with Crippen LogP contribution in [0.15, 0.2) is 24.7 Å². The summed E-state index contributed by atoms with van der Waals surface area (Å²) in [5, 5.41) is 11.7. The van der Waals surface area contributed by atoms with Gasteiger partial charge >= 0.3 is 0 Å². The number of carbonyl (C=O) groups is 1. The van der Waals surface area contributed by atoms with Crippen LogP contribution in [0.25, 0.3) is 0 Å². The molecular formula is C15H21N5OS. The maximum atomic E-state index is 13.0. The van der Waals surface area contributed by atoms with Gasteiger partial charge in [0, 0.05) is 23.5 Å². The molecule has 2 aromatic rings. The zero-order valence-corrected chi connectivity index (χ0v) is 13.7. The average molecular weight is 319 g/mol. The third-order valence-corrected chi connectivity index (χ3v) is 5.25. The molecule has 6 nitrogen and oxygen atoms in total. The molecular weight excluding hydrogens is 298 g/mol. The second-order valence-electron chi connectivity index (χ2n) is 5.74. The normalized spacial score (nSPS) is 18.8. The minimum absolute atomic E-state index is 0.0260. The van der Waals surface area contributed by atoms with E-state index >= 15 is 0 Å². The van der Waals surface area contributed by atoms with E-state index in [4.69, 9.17) is 0 Å². The van der Waals surface area contributed by atoms with Crippen LogP contribution in [0.5, 0.6) is 0 Å². The molecule has 0 bridgehead atoms. The molecule has 0 radical (unpaired) electrons. The highest BCUT2D eigenvalue weighted by Gasteiger charge is 2.42. The van der Waals surface area contributed by atoms with Gasteiger partial charge in [-0.15, -0.1) is 11.3 Å². The molecule has 1 atom stereocenters. The van der Waals surface area contributed by atoms with Crippen molar-refractivity contribution in [3.8, 4) is 0 Å². The summed E-state index contributed by atoms with van der Waals surface area (Å²) >= 11 is 1.62. The Morgan fingerprint density at radius 3 is 2.86 bits per heavy atom. The molecule has 7 heteroatoms. The lowest BCUT2D eigenvalue weighted by atomic mass is 9.87. The largest absolute Gasteiger partial charge is 0.345 e. The van der Waals surface area contributed by atoms with E-state index in [0.717, 1.165) is 35.8 Å². The lowest BCUT2D eigenvalue weighted by Crippen LogP contribution is -2.54. The smallest absolute Gasteiger partial charge is 0.248 e. The number of nitrogens with zero attached hydrogens (tertiary/aromatic N) is 3. The van der Waals surface area contributed by atoms with Crippen LogP contribution in [0.1, 0.15) is 35.7 Å². The van der Waals surface area contributed by atoms with E-state index < -0.39 is 5.54 Å². The first-order valence-corrected chi connectivity index (χ1v) is 8.37. The number of aromatic nitrogens is 3. The van der Waals surface area contributed by atoms with Crippen LogP contribution in [-0.4, -0.2) is 33.8 Å².